The summed E-state index contributed by atoms with van der Waals surface area (Å²) in [5.41, 5.74) is 5.15. The van der Waals surface area contributed by atoms with E-state index in [1.165, 1.54) is 16.0 Å². The van der Waals surface area contributed by atoms with Gasteiger partial charge in [0.15, 0.2) is 11.0 Å². The average Bonchev–Trinajstić information content (AvgIpc) is 3.71. The molecular weight excluding hydrogens is 561 g/mol. The molecule has 0 amide bonds. The van der Waals surface area contributed by atoms with Crippen LogP contribution in [0.5, 0.6) is 0 Å². The number of amidine groups is 1. The maximum atomic E-state index is 13.4. The molecule has 4 aromatic rings. The minimum absolute atomic E-state index is 0.0227. The van der Waals surface area contributed by atoms with Crippen molar-refractivity contribution in [1.82, 2.24) is 0 Å². The molecule has 2 atom stereocenters. The highest BCUT2D eigenvalue weighted by Gasteiger charge is 2.44. The smallest absolute Gasteiger partial charge is 0.284 e. The van der Waals surface area contributed by atoms with Crippen LogP contribution >= 0.6 is 23.1 Å². The van der Waals surface area contributed by atoms with Crippen LogP contribution in [-0.2, 0) is 21.2 Å². The number of thiophene rings is 1. The van der Waals surface area contributed by atoms with Gasteiger partial charge in [-0.3, -0.25) is 9.80 Å². The number of sulfonamides is 1. The number of carbonyl (C=O) groups is 1. The highest BCUT2D eigenvalue weighted by molar-refractivity contribution is 8.15. The first-order valence-electron chi connectivity index (χ1n) is 12.9. The van der Waals surface area contributed by atoms with Crippen LogP contribution in [0, 0.1) is 5.92 Å². The van der Waals surface area contributed by atoms with E-state index >= 15 is 0 Å². The minimum Gasteiger partial charge on any atom is -0.313 e. The summed E-state index contributed by atoms with van der Waals surface area (Å²) < 4.78 is 30.9. The number of nitrogens with zero attached hydrogens (tertiary/aromatic N) is 4. The predicted octanol–water partition coefficient (Wildman–Crippen LogP) is 5.75. The molecule has 2 unspecified atom stereocenters. The lowest BCUT2D eigenvalue weighted by Crippen LogP contribution is -2.40. The van der Waals surface area contributed by atoms with Crippen molar-refractivity contribution in [1.29, 1.82) is 0 Å². The van der Waals surface area contributed by atoms with Crippen molar-refractivity contribution in [3.8, 4) is 0 Å². The lowest BCUT2D eigenvalue weighted by atomic mass is 9.94. The van der Waals surface area contributed by atoms with Gasteiger partial charge < -0.3 is 4.90 Å². The van der Waals surface area contributed by atoms with Gasteiger partial charge in [-0.05, 0) is 59.8 Å². The van der Waals surface area contributed by atoms with Crippen LogP contribution in [-0.4, -0.2) is 37.4 Å². The number of anilines is 2. The molecule has 40 heavy (non-hydrogen) atoms. The Labute approximate surface area is 240 Å². The van der Waals surface area contributed by atoms with Crippen LogP contribution in [0.25, 0.3) is 0 Å². The number of benzene rings is 3. The van der Waals surface area contributed by atoms with E-state index in [-0.39, 0.29) is 34.9 Å². The third kappa shape index (κ3) is 4.46. The summed E-state index contributed by atoms with van der Waals surface area (Å²) >= 11 is 2.86. The van der Waals surface area contributed by atoms with Crippen LogP contribution in [0.1, 0.15) is 22.0 Å². The molecule has 0 radical (unpaired) electrons. The van der Waals surface area contributed by atoms with Gasteiger partial charge in [-0.25, -0.2) is 0 Å². The van der Waals surface area contributed by atoms with Gasteiger partial charge >= 0.3 is 0 Å². The molecule has 0 saturated carbocycles. The van der Waals surface area contributed by atoms with Gasteiger partial charge in [-0.15, -0.1) is 15.7 Å². The highest BCUT2D eigenvalue weighted by atomic mass is 32.2. The Balaban J connectivity index is 1.21. The molecule has 200 valence electrons. The third-order valence-electron chi connectivity index (χ3n) is 7.37. The molecule has 10 heteroatoms. The molecule has 3 heterocycles. The normalized spacial score (nSPS) is 21.4. The standard InChI is InChI=1S/C30H24N4O3S3/c35-23-18-33(21-8-2-1-3-9-21)30(39-19-23)32-40(36,37)24-14-12-22(13-15-24)34-29(27-11-6-16-38-27)26-17-20-7-4-5-10-25(20)28(26)31-34/h1-16,26,29H,17-19H2. The lowest BCUT2D eigenvalue weighted by molar-refractivity contribution is -0.115. The van der Waals surface area contributed by atoms with Crippen molar-refractivity contribution in [2.75, 3.05) is 22.2 Å². The zero-order chi connectivity index (χ0) is 27.3. The van der Waals surface area contributed by atoms with Gasteiger partial charge in [0.1, 0.15) is 0 Å². The molecule has 1 aliphatic carbocycles. The molecule has 0 spiro atoms. The summed E-state index contributed by atoms with van der Waals surface area (Å²) in [6, 6.07) is 28.7. The minimum atomic E-state index is -4.01. The van der Waals surface area contributed by atoms with Crippen molar-refractivity contribution in [2.45, 2.75) is 17.4 Å². The van der Waals surface area contributed by atoms with Gasteiger partial charge in [-0.1, -0.05) is 60.3 Å². The number of hydrogen-bond acceptors (Lipinski definition) is 7. The monoisotopic (exact) mass is 584 g/mol. The molecule has 7 nitrogen and oxygen atoms in total. The third-order valence-corrected chi connectivity index (χ3v) is 10.7. The van der Waals surface area contributed by atoms with E-state index in [1.807, 2.05) is 41.4 Å². The molecule has 0 bridgehead atoms. The molecule has 2 aliphatic heterocycles. The van der Waals surface area contributed by atoms with Crippen molar-refractivity contribution >= 4 is 61.2 Å². The number of thioether (sulfide) groups is 1. The van der Waals surface area contributed by atoms with Crippen molar-refractivity contribution < 1.29 is 13.2 Å². The van der Waals surface area contributed by atoms with E-state index < -0.39 is 10.0 Å². The van der Waals surface area contributed by atoms with Gasteiger partial charge in [0.2, 0.25) is 0 Å². The Hall–Kier alpha value is -3.73. The summed E-state index contributed by atoms with van der Waals surface area (Å²) in [6.07, 6.45) is 0.927. The summed E-state index contributed by atoms with van der Waals surface area (Å²) in [5.74, 6) is 0.454. The number of carbonyl (C=O) groups excluding carboxylic acids is 1. The summed E-state index contributed by atoms with van der Waals surface area (Å²) in [6.45, 7) is 0.0913. The number of hydrogen-bond donors (Lipinski definition) is 0. The quantitative estimate of drug-likeness (QED) is 0.297. The number of hydrazone groups is 1. The second-order valence-corrected chi connectivity index (χ2v) is 13.4. The molecule has 0 N–H and O–H groups in total. The highest BCUT2D eigenvalue weighted by Crippen LogP contribution is 2.47. The Morgan fingerprint density at radius 2 is 1.65 bits per heavy atom. The van der Waals surface area contributed by atoms with E-state index in [0.717, 1.165) is 35.3 Å². The number of para-hydroxylation sites is 1. The fraction of sp³-hybridized carbons (Fsp3) is 0.167. The molecule has 3 aliphatic rings. The number of Topliss-reactive ketones (excluding diaryl/α,β-unsaturated/α-hetero) is 1. The Kier molecular flexibility index (Phi) is 6.33. The number of ketones is 1. The van der Waals surface area contributed by atoms with E-state index in [0.29, 0.717) is 5.17 Å². The van der Waals surface area contributed by atoms with Crippen LogP contribution in [0.15, 0.2) is 111 Å². The molecule has 7 rings (SSSR count). The van der Waals surface area contributed by atoms with E-state index in [2.05, 4.69) is 40.1 Å². The van der Waals surface area contributed by atoms with Gasteiger partial charge in [-0.2, -0.15) is 13.5 Å². The Bertz CT molecular complexity index is 1750. The van der Waals surface area contributed by atoms with Crippen LogP contribution < -0.4 is 9.91 Å². The molecular formula is C30H24N4O3S3. The number of fused-ring (bicyclic) bond motifs is 3. The summed E-state index contributed by atoms with van der Waals surface area (Å²) in [5, 5.41) is 9.48. The van der Waals surface area contributed by atoms with Crippen molar-refractivity contribution in [2.24, 2.45) is 15.4 Å². The first kappa shape index (κ1) is 25.3. The summed E-state index contributed by atoms with van der Waals surface area (Å²) in [4.78, 5) is 15.1. The van der Waals surface area contributed by atoms with Crippen molar-refractivity contribution in [3.05, 3.63) is 112 Å². The molecule has 1 saturated heterocycles. The van der Waals surface area contributed by atoms with Crippen LogP contribution in [0.4, 0.5) is 11.4 Å². The molecule has 3 aromatic carbocycles. The fourth-order valence-corrected chi connectivity index (χ4v) is 8.52. The Morgan fingerprint density at radius 3 is 2.42 bits per heavy atom. The lowest BCUT2D eigenvalue weighted by Gasteiger charge is -2.28. The summed E-state index contributed by atoms with van der Waals surface area (Å²) in [7, 11) is -4.01. The van der Waals surface area contributed by atoms with Crippen LogP contribution in [0.3, 0.4) is 0 Å². The first-order valence-corrected chi connectivity index (χ1v) is 16.2. The largest absolute Gasteiger partial charge is 0.313 e. The maximum absolute atomic E-state index is 13.4. The van der Waals surface area contributed by atoms with E-state index in [1.54, 1.807) is 40.5 Å². The second-order valence-electron chi connectivity index (χ2n) is 9.85. The zero-order valence-electron chi connectivity index (χ0n) is 21.3. The second kappa shape index (κ2) is 10.0. The topological polar surface area (TPSA) is 82.4 Å². The zero-order valence-corrected chi connectivity index (χ0v) is 23.7. The van der Waals surface area contributed by atoms with Gasteiger partial charge in [0.25, 0.3) is 10.0 Å². The number of rotatable bonds is 5. The molecule has 1 fully saturated rings. The van der Waals surface area contributed by atoms with Crippen LogP contribution in [0.2, 0.25) is 0 Å². The predicted molar refractivity (Wildman–Crippen MR) is 162 cm³/mol. The van der Waals surface area contributed by atoms with Gasteiger partial charge in [0.05, 0.1) is 34.6 Å². The average molecular weight is 585 g/mol. The van der Waals surface area contributed by atoms with E-state index in [9.17, 15) is 13.2 Å². The first-order chi connectivity index (χ1) is 19.5. The molecule has 1 aromatic heterocycles. The Morgan fingerprint density at radius 1 is 0.875 bits per heavy atom. The SMILES string of the molecule is O=C1CSC(=NS(=O)(=O)c2ccc(N3N=C4c5ccccc5CC4C3c3cccs3)cc2)N(c2ccccc2)C1. The fourth-order valence-electron chi connectivity index (χ4n) is 5.54. The van der Waals surface area contributed by atoms with E-state index in [4.69, 9.17) is 5.10 Å². The van der Waals surface area contributed by atoms with Gasteiger partial charge in [0, 0.05) is 22.0 Å². The maximum Gasteiger partial charge on any atom is 0.284 e. The van der Waals surface area contributed by atoms with Crippen molar-refractivity contribution in [3.63, 3.8) is 0 Å².